The van der Waals surface area contributed by atoms with Gasteiger partial charge in [0.15, 0.2) is 5.58 Å². The summed E-state index contributed by atoms with van der Waals surface area (Å²) < 4.78 is 9.16. The molecule has 4 heteroatoms. The average Bonchev–Trinajstić information content (AvgIpc) is 3.64. The summed E-state index contributed by atoms with van der Waals surface area (Å²) >= 11 is 1.86. The Labute approximate surface area is 245 Å². The molecule has 9 rings (SSSR count). The van der Waals surface area contributed by atoms with Crippen LogP contribution in [-0.4, -0.2) is 9.97 Å². The van der Waals surface area contributed by atoms with Crippen molar-refractivity contribution < 1.29 is 4.42 Å². The summed E-state index contributed by atoms with van der Waals surface area (Å²) in [6.45, 7) is 0. The smallest absolute Gasteiger partial charge is 0.180 e. The van der Waals surface area contributed by atoms with Crippen molar-refractivity contribution in [3.8, 4) is 33.5 Å². The second kappa shape index (κ2) is 9.10. The van der Waals surface area contributed by atoms with Gasteiger partial charge in [0.25, 0.3) is 0 Å². The van der Waals surface area contributed by atoms with E-state index in [1.54, 1.807) is 6.33 Å². The van der Waals surface area contributed by atoms with E-state index in [0.717, 1.165) is 49.6 Å². The Bertz CT molecular complexity index is 2490. The highest BCUT2D eigenvalue weighted by atomic mass is 32.1. The minimum absolute atomic E-state index is 0.714. The standard InChI is InChI=1S/C38H22N2OS/c1-2-13-28-23(8-1)18-19-32-35-37(41-36(28)32)34(39-22-40-35)27-12-6-10-25(21-27)24-9-5-11-26(20-24)29-15-7-16-31-30-14-3-4-17-33(30)42-38(29)31/h1-22H. The van der Waals surface area contributed by atoms with Crippen molar-refractivity contribution >= 4 is 64.4 Å². The quantitative estimate of drug-likeness (QED) is 0.218. The first-order chi connectivity index (χ1) is 20.8. The normalized spacial score (nSPS) is 11.8. The van der Waals surface area contributed by atoms with Crippen molar-refractivity contribution in [2.75, 3.05) is 0 Å². The van der Waals surface area contributed by atoms with Crippen LogP contribution in [0, 0.1) is 0 Å². The van der Waals surface area contributed by atoms with E-state index in [-0.39, 0.29) is 0 Å². The number of aromatic nitrogens is 2. The fourth-order valence-corrected chi connectivity index (χ4v) is 7.43. The fraction of sp³-hybridized carbons (Fsp3) is 0. The number of rotatable bonds is 3. The molecule has 0 radical (unpaired) electrons. The molecule has 0 saturated carbocycles. The van der Waals surface area contributed by atoms with Crippen LogP contribution in [0.2, 0.25) is 0 Å². The predicted octanol–water partition coefficient (Wildman–Crippen LogP) is 10.9. The van der Waals surface area contributed by atoms with Crippen molar-refractivity contribution in [3.63, 3.8) is 0 Å². The van der Waals surface area contributed by atoms with Crippen molar-refractivity contribution in [2.24, 2.45) is 0 Å². The molecule has 3 nitrogen and oxygen atoms in total. The molecule has 3 aromatic heterocycles. The maximum absolute atomic E-state index is 6.52. The monoisotopic (exact) mass is 554 g/mol. The summed E-state index contributed by atoms with van der Waals surface area (Å²) in [6, 6.07) is 45.2. The lowest BCUT2D eigenvalue weighted by Crippen LogP contribution is -1.88. The average molecular weight is 555 g/mol. The van der Waals surface area contributed by atoms with Crippen molar-refractivity contribution in [1.82, 2.24) is 9.97 Å². The van der Waals surface area contributed by atoms with E-state index in [2.05, 4.69) is 120 Å². The molecule has 3 heterocycles. The molecule has 0 aliphatic heterocycles. The third kappa shape index (κ3) is 3.52. The Morgan fingerprint density at radius 2 is 1.21 bits per heavy atom. The summed E-state index contributed by atoms with van der Waals surface area (Å²) in [6.07, 6.45) is 1.64. The Hall–Kier alpha value is -5.32. The maximum Gasteiger partial charge on any atom is 0.180 e. The van der Waals surface area contributed by atoms with Gasteiger partial charge in [-0.25, -0.2) is 9.97 Å². The van der Waals surface area contributed by atoms with Crippen LogP contribution in [-0.2, 0) is 0 Å². The topological polar surface area (TPSA) is 38.9 Å². The highest BCUT2D eigenvalue weighted by Gasteiger charge is 2.17. The number of hydrogen-bond donors (Lipinski definition) is 0. The molecule has 0 atom stereocenters. The zero-order valence-corrected chi connectivity index (χ0v) is 23.2. The van der Waals surface area contributed by atoms with Crippen LogP contribution >= 0.6 is 11.3 Å². The Kier molecular flexibility index (Phi) is 5.07. The van der Waals surface area contributed by atoms with E-state index in [1.807, 2.05) is 23.5 Å². The highest BCUT2D eigenvalue weighted by Crippen LogP contribution is 2.41. The Balaban J connectivity index is 1.18. The minimum Gasteiger partial charge on any atom is -0.451 e. The fourth-order valence-electron chi connectivity index (χ4n) is 6.20. The van der Waals surface area contributed by atoms with Crippen LogP contribution in [0.25, 0.3) is 86.5 Å². The largest absolute Gasteiger partial charge is 0.451 e. The first kappa shape index (κ1) is 23.4. The SMILES string of the molecule is c1cc(-c2cccc(-c3cccc4c3sc3ccccc34)c2)cc(-c2ncnc3c2oc2c4ccccc4ccc32)c1. The van der Waals surface area contributed by atoms with Gasteiger partial charge in [-0.3, -0.25) is 0 Å². The number of benzene rings is 6. The van der Waals surface area contributed by atoms with Crippen molar-refractivity contribution in [1.29, 1.82) is 0 Å². The third-order valence-electron chi connectivity index (χ3n) is 8.19. The molecule has 0 unspecified atom stereocenters. The molecular formula is C38H22N2OS. The van der Waals surface area contributed by atoms with E-state index in [9.17, 15) is 0 Å². The lowest BCUT2D eigenvalue weighted by molar-refractivity contribution is 0.671. The van der Waals surface area contributed by atoms with Gasteiger partial charge in [-0.1, -0.05) is 103 Å². The van der Waals surface area contributed by atoms with E-state index >= 15 is 0 Å². The van der Waals surface area contributed by atoms with Gasteiger partial charge in [0.1, 0.15) is 23.1 Å². The molecule has 6 aromatic carbocycles. The van der Waals surface area contributed by atoms with Crippen LogP contribution in [0.3, 0.4) is 0 Å². The Morgan fingerprint density at radius 1 is 0.500 bits per heavy atom. The second-order valence-corrected chi connectivity index (χ2v) is 11.7. The molecule has 0 spiro atoms. The molecule has 0 aliphatic rings. The van der Waals surface area contributed by atoms with E-state index in [0.29, 0.717) is 5.58 Å². The number of hydrogen-bond acceptors (Lipinski definition) is 4. The number of thiophene rings is 1. The van der Waals surface area contributed by atoms with Crippen LogP contribution in [0.4, 0.5) is 0 Å². The van der Waals surface area contributed by atoms with Crippen LogP contribution in [0.15, 0.2) is 138 Å². The maximum atomic E-state index is 6.52. The molecule has 42 heavy (non-hydrogen) atoms. The van der Waals surface area contributed by atoms with Gasteiger partial charge < -0.3 is 4.42 Å². The molecule has 9 aromatic rings. The first-order valence-electron chi connectivity index (χ1n) is 14.0. The molecule has 196 valence electrons. The van der Waals surface area contributed by atoms with E-state index < -0.39 is 0 Å². The summed E-state index contributed by atoms with van der Waals surface area (Å²) in [4.78, 5) is 9.33. The van der Waals surface area contributed by atoms with Gasteiger partial charge in [-0.15, -0.1) is 11.3 Å². The van der Waals surface area contributed by atoms with Gasteiger partial charge in [0.2, 0.25) is 0 Å². The molecular weight excluding hydrogens is 532 g/mol. The van der Waals surface area contributed by atoms with Gasteiger partial charge in [-0.05, 0) is 51.9 Å². The Morgan fingerprint density at radius 3 is 2.12 bits per heavy atom. The lowest BCUT2D eigenvalue weighted by atomic mass is 9.96. The van der Waals surface area contributed by atoms with Crippen LogP contribution < -0.4 is 0 Å². The molecule has 0 N–H and O–H groups in total. The second-order valence-electron chi connectivity index (χ2n) is 10.6. The van der Waals surface area contributed by atoms with Gasteiger partial charge >= 0.3 is 0 Å². The summed E-state index contributed by atoms with van der Waals surface area (Å²) in [5.74, 6) is 0. The zero-order chi connectivity index (χ0) is 27.6. The number of furan rings is 1. The molecule has 0 aliphatic carbocycles. The van der Waals surface area contributed by atoms with Gasteiger partial charge in [0.05, 0.1) is 0 Å². The van der Waals surface area contributed by atoms with Crippen LogP contribution in [0.1, 0.15) is 0 Å². The first-order valence-corrected chi connectivity index (χ1v) is 14.8. The van der Waals surface area contributed by atoms with E-state index in [1.165, 1.54) is 31.3 Å². The van der Waals surface area contributed by atoms with Crippen molar-refractivity contribution in [2.45, 2.75) is 0 Å². The molecule has 0 bridgehead atoms. The van der Waals surface area contributed by atoms with E-state index in [4.69, 9.17) is 9.40 Å². The predicted molar refractivity (Wildman–Crippen MR) is 176 cm³/mol. The number of fused-ring (bicyclic) bond motifs is 8. The van der Waals surface area contributed by atoms with Gasteiger partial charge in [0, 0.05) is 36.5 Å². The summed E-state index contributed by atoms with van der Waals surface area (Å²) in [5, 5.41) is 5.86. The lowest BCUT2D eigenvalue weighted by Gasteiger charge is -2.09. The molecule has 0 amide bonds. The summed E-state index contributed by atoms with van der Waals surface area (Å²) in [5.41, 5.74) is 8.97. The van der Waals surface area contributed by atoms with Gasteiger partial charge in [-0.2, -0.15) is 0 Å². The molecule has 0 saturated heterocycles. The third-order valence-corrected chi connectivity index (χ3v) is 9.41. The van der Waals surface area contributed by atoms with Crippen molar-refractivity contribution in [3.05, 3.63) is 134 Å². The minimum atomic E-state index is 0.714. The summed E-state index contributed by atoms with van der Waals surface area (Å²) in [7, 11) is 0. The van der Waals surface area contributed by atoms with Crippen LogP contribution in [0.5, 0.6) is 0 Å². The highest BCUT2D eigenvalue weighted by molar-refractivity contribution is 7.26. The molecule has 0 fully saturated rings. The zero-order valence-electron chi connectivity index (χ0n) is 22.4. The number of nitrogens with zero attached hydrogens (tertiary/aromatic N) is 2.